The Labute approximate surface area is 94.5 Å². The number of rotatable bonds is 5. The molecule has 15 heavy (non-hydrogen) atoms. The van der Waals surface area contributed by atoms with E-state index in [1.807, 2.05) is 36.4 Å². The third kappa shape index (κ3) is 5.43. The zero-order valence-corrected chi connectivity index (χ0v) is 10.1. The van der Waals surface area contributed by atoms with Gasteiger partial charge in [-0.15, -0.1) is 0 Å². The molecule has 0 atom stereocenters. The Morgan fingerprint density at radius 1 is 1.27 bits per heavy atom. The lowest BCUT2D eigenvalue weighted by Crippen LogP contribution is -2.06. The normalized spacial score (nSPS) is 11.1. The molecule has 0 saturated carbocycles. The summed E-state index contributed by atoms with van der Waals surface area (Å²) in [6.45, 7) is 0. The summed E-state index contributed by atoms with van der Waals surface area (Å²) in [5, 5.41) is 0. The number of allylic oxidation sites excluding steroid dienone is 1. The minimum Gasteiger partial charge on any atom is -0.295 e. The standard InChI is InChI=1S/C13H17OS/c1-15(2)11-10-13(14)9-8-12-6-4-3-5-7-12/h3-9H,10-11H2,1-2H3/q+1/b9-8+. The van der Waals surface area contributed by atoms with Gasteiger partial charge >= 0.3 is 0 Å². The van der Waals surface area contributed by atoms with Gasteiger partial charge in [-0.05, 0) is 22.5 Å². The van der Waals surface area contributed by atoms with Crippen LogP contribution in [0.2, 0.25) is 0 Å². The lowest BCUT2D eigenvalue weighted by molar-refractivity contribution is -0.114. The molecule has 1 aromatic rings. The molecule has 0 aliphatic carbocycles. The lowest BCUT2D eigenvalue weighted by atomic mass is 10.2. The molecule has 2 heteroatoms. The third-order valence-corrected chi connectivity index (χ3v) is 3.04. The van der Waals surface area contributed by atoms with Gasteiger partial charge in [0.05, 0.1) is 18.9 Å². The smallest absolute Gasteiger partial charge is 0.160 e. The average Bonchev–Trinajstić information content (AvgIpc) is 2.25. The molecule has 0 N–H and O–H groups in total. The average molecular weight is 221 g/mol. The van der Waals surface area contributed by atoms with E-state index in [9.17, 15) is 4.79 Å². The van der Waals surface area contributed by atoms with Crippen molar-refractivity contribution in [3.63, 3.8) is 0 Å². The molecule has 0 unspecified atom stereocenters. The molecule has 0 aliphatic heterocycles. The van der Waals surface area contributed by atoms with Crippen molar-refractivity contribution in [2.75, 3.05) is 18.3 Å². The second kappa shape index (κ2) is 6.46. The van der Waals surface area contributed by atoms with Crippen LogP contribution < -0.4 is 0 Å². The molecule has 0 amide bonds. The maximum atomic E-state index is 11.4. The van der Waals surface area contributed by atoms with E-state index in [1.165, 1.54) is 0 Å². The van der Waals surface area contributed by atoms with E-state index in [4.69, 9.17) is 0 Å². The lowest BCUT2D eigenvalue weighted by Gasteiger charge is -1.94. The highest BCUT2D eigenvalue weighted by molar-refractivity contribution is 7.95. The molecule has 0 bridgehead atoms. The summed E-state index contributed by atoms with van der Waals surface area (Å²) >= 11 is 0. The monoisotopic (exact) mass is 221 g/mol. The zero-order chi connectivity index (χ0) is 11.1. The van der Waals surface area contributed by atoms with E-state index in [-0.39, 0.29) is 5.78 Å². The molecule has 1 aromatic carbocycles. The largest absolute Gasteiger partial charge is 0.295 e. The number of benzene rings is 1. The van der Waals surface area contributed by atoms with Gasteiger partial charge in [0.25, 0.3) is 0 Å². The third-order valence-electron chi connectivity index (χ3n) is 2.02. The van der Waals surface area contributed by atoms with Crippen LogP contribution in [0.1, 0.15) is 12.0 Å². The Morgan fingerprint density at radius 2 is 1.93 bits per heavy atom. The van der Waals surface area contributed by atoms with Crippen LogP contribution in [0, 0.1) is 0 Å². The van der Waals surface area contributed by atoms with E-state index in [0.29, 0.717) is 17.3 Å². The van der Waals surface area contributed by atoms with Crippen LogP contribution in [0.3, 0.4) is 0 Å². The van der Waals surface area contributed by atoms with Crippen LogP contribution in [0.4, 0.5) is 0 Å². The molecule has 0 heterocycles. The fraction of sp³-hybridized carbons (Fsp3) is 0.308. The Kier molecular flexibility index (Phi) is 5.19. The maximum absolute atomic E-state index is 11.4. The number of ketones is 1. The van der Waals surface area contributed by atoms with Gasteiger partial charge in [0.1, 0.15) is 5.75 Å². The SMILES string of the molecule is C[S+](C)CCC(=O)/C=C/c1ccccc1. The highest BCUT2D eigenvalue weighted by Crippen LogP contribution is 2.02. The fourth-order valence-electron chi connectivity index (χ4n) is 1.14. The van der Waals surface area contributed by atoms with Crippen molar-refractivity contribution in [1.82, 2.24) is 0 Å². The summed E-state index contributed by atoms with van der Waals surface area (Å²) < 4.78 is 0. The van der Waals surface area contributed by atoms with Gasteiger partial charge in [0.2, 0.25) is 0 Å². The quantitative estimate of drug-likeness (QED) is 0.551. The van der Waals surface area contributed by atoms with Gasteiger partial charge in [0, 0.05) is 0 Å². The number of hydrogen-bond acceptors (Lipinski definition) is 1. The predicted molar refractivity (Wildman–Crippen MR) is 69.2 cm³/mol. The minimum atomic E-state index is 0.222. The van der Waals surface area contributed by atoms with Gasteiger partial charge in [0.15, 0.2) is 5.78 Å². The van der Waals surface area contributed by atoms with Crippen LogP contribution in [0.5, 0.6) is 0 Å². The second-order valence-electron chi connectivity index (χ2n) is 3.65. The first-order chi connectivity index (χ1) is 7.18. The summed E-state index contributed by atoms with van der Waals surface area (Å²) in [7, 11) is 0.361. The highest BCUT2D eigenvalue weighted by atomic mass is 32.2. The molecule has 1 rings (SSSR count). The van der Waals surface area contributed by atoms with E-state index in [2.05, 4.69) is 12.5 Å². The summed E-state index contributed by atoms with van der Waals surface area (Å²) in [4.78, 5) is 11.4. The van der Waals surface area contributed by atoms with E-state index in [1.54, 1.807) is 6.08 Å². The van der Waals surface area contributed by atoms with Crippen molar-refractivity contribution in [2.45, 2.75) is 6.42 Å². The molecule has 1 nitrogen and oxygen atoms in total. The summed E-state index contributed by atoms with van der Waals surface area (Å²) in [5.74, 6) is 1.22. The van der Waals surface area contributed by atoms with Gasteiger partial charge < -0.3 is 0 Å². The Hall–Kier alpha value is -1.02. The van der Waals surface area contributed by atoms with E-state index in [0.717, 1.165) is 11.3 Å². The van der Waals surface area contributed by atoms with Crippen molar-refractivity contribution < 1.29 is 4.79 Å². The summed E-state index contributed by atoms with van der Waals surface area (Å²) in [5.41, 5.74) is 1.08. The van der Waals surface area contributed by atoms with Crippen LogP contribution in [0.15, 0.2) is 36.4 Å². The molecule has 0 saturated heterocycles. The fourth-order valence-corrected chi connectivity index (χ4v) is 1.75. The predicted octanol–water partition coefficient (Wildman–Crippen LogP) is 2.54. The molecular weight excluding hydrogens is 204 g/mol. The van der Waals surface area contributed by atoms with Gasteiger partial charge in [-0.25, -0.2) is 0 Å². The number of hydrogen-bond donors (Lipinski definition) is 0. The molecule has 0 aromatic heterocycles. The highest BCUT2D eigenvalue weighted by Gasteiger charge is 2.05. The Bertz CT molecular complexity index is 328. The van der Waals surface area contributed by atoms with E-state index >= 15 is 0 Å². The first-order valence-electron chi connectivity index (χ1n) is 4.98. The molecule has 0 spiro atoms. The molecule has 0 radical (unpaired) electrons. The molecule has 80 valence electrons. The first kappa shape index (κ1) is 12.1. The minimum absolute atomic E-state index is 0.222. The van der Waals surface area contributed by atoms with Crippen molar-refractivity contribution in [3.8, 4) is 0 Å². The Morgan fingerprint density at radius 3 is 2.53 bits per heavy atom. The molecule has 0 aliphatic rings. The maximum Gasteiger partial charge on any atom is 0.160 e. The molecule has 0 fully saturated rings. The van der Waals surface area contributed by atoms with Crippen LogP contribution in [0.25, 0.3) is 6.08 Å². The van der Waals surface area contributed by atoms with Crippen LogP contribution >= 0.6 is 0 Å². The summed E-state index contributed by atoms with van der Waals surface area (Å²) in [6.07, 6.45) is 8.55. The van der Waals surface area contributed by atoms with Gasteiger partial charge in [-0.3, -0.25) is 4.79 Å². The Balaban J connectivity index is 2.41. The zero-order valence-electron chi connectivity index (χ0n) is 9.27. The topological polar surface area (TPSA) is 17.1 Å². The number of carbonyl (C=O) groups excluding carboxylic acids is 1. The molecular formula is C13H17OS+. The second-order valence-corrected chi connectivity index (χ2v) is 6.03. The van der Waals surface area contributed by atoms with Gasteiger partial charge in [-0.1, -0.05) is 36.4 Å². The van der Waals surface area contributed by atoms with Crippen molar-refractivity contribution in [1.29, 1.82) is 0 Å². The van der Waals surface area contributed by atoms with Crippen LogP contribution in [-0.2, 0) is 15.7 Å². The number of carbonyl (C=O) groups is 1. The van der Waals surface area contributed by atoms with Crippen molar-refractivity contribution >= 4 is 22.8 Å². The van der Waals surface area contributed by atoms with Crippen molar-refractivity contribution in [2.24, 2.45) is 0 Å². The first-order valence-corrected chi connectivity index (χ1v) is 7.19. The van der Waals surface area contributed by atoms with E-state index < -0.39 is 0 Å². The summed E-state index contributed by atoms with van der Waals surface area (Å²) in [6, 6.07) is 9.90. The van der Waals surface area contributed by atoms with Crippen LogP contribution in [-0.4, -0.2) is 24.0 Å². The van der Waals surface area contributed by atoms with Gasteiger partial charge in [-0.2, -0.15) is 0 Å². The van der Waals surface area contributed by atoms with Crippen molar-refractivity contribution in [3.05, 3.63) is 42.0 Å².